The Hall–Kier alpha value is -1.50. The molecule has 0 unspecified atom stereocenters. The van der Waals surface area contributed by atoms with E-state index in [4.69, 9.17) is 0 Å². The van der Waals surface area contributed by atoms with E-state index >= 15 is 0 Å². The number of pyridine rings is 1. The van der Waals surface area contributed by atoms with Crippen molar-refractivity contribution in [1.29, 1.82) is 5.26 Å². The van der Waals surface area contributed by atoms with Gasteiger partial charge in [-0.3, -0.25) is 0 Å². The maximum absolute atomic E-state index is 11.1. The summed E-state index contributed by atoms with van der Waals surface area (Å²) in [5, 5.41) is 15.5. The van der Waals surface area contributed by atoms with Gasteiger partial charge in [-0.1, -0.05) is 0 Å². The summed E-state index contributed by atoms with van der Waals surface area (Å²) in [4.78, 5) is 3.68. The van der Waals surface area contributed by atoms with Crippen LogP contribution in [0.25, 0.3) is 0 Å². The Morgan fingerprint density at radius 1 is 0.735 bits per heavy atom. The molecule has 0 aliphatic carbocycles. The summed E-state index contributed by atoms with van der Waals surface area (Å²) in [6.07, 6.45) is 0. The average Bonchev–Trinajstić information content (AvgIpc) is 2.71. The molecule has 14 heteroatoms. The van der Waals surface area contributed by atoms with E-state index in [9.17, 15) is 31.2 Å². The van der Waals surface area contributed by atoms with Crippen LogP contribution in [0.3, 0.4) is 0 Å². The number of hydrogen-bond donors (Lipinski definition) is 2. The third-order valence-corrected chi connectivity index (χ3v) is 6.38. The van der Waals surface area contributed by atoms with E-state index in [1.165, 1.54) is 36.4 Å². The molecule has 0 spiro atoms. The van der Waals surface area contributed by atoms with Crippen LogP contribution < -0.4 is 69.7 Å². The predicted molar refractivity (Wildman–Crippen MR) is 114 cm³/mol. The number of nitrogens with one attached hydrogen (secondary N) is 2. The largest absolute Gasteiger partial charge is 1.00 e. The van der Waals surface area contributed by atoms with Crippen molar-refractivity contribution in [1.82, 2.24) is 4.98 Å². The smallest absolute Gasteiger partial charge is 0.744 e. The zero-order valence-electron chi connectivity index (χ0n) is 18.8. The van der Waals surface area contributed by atoms with Crippen LogP contribution in [-0.4, -0.2) is 30.9 Å². The van der Waals surface area contributed by atoms with Crippen LogP contribution >= 0.6 is 0 Å². The van der Waals surface area contributed by atoms with Crippen molar-refractivity contribution in [2.24, 2.45) is 0 Å². The number of hydrogen-bond acceptors (Lipinski definition) is 10. The molecule has 3 rings (SSSR count). The van der Waals surface area contributed by atoms with Gasteiger partial charge in [-0.25, -0.2) is 21.8 Å². The first-order valence-electron chi connectivity index (χ1n) is 8.97. The van der Waals surface area contributed by atoms with Crippen LogP contribution in [0, 0.1) is 25.2 Å². The van der Waals surface area contributed by atoms with Crippen molar-refractivity contribution in [3.8, 4) is 6.07 Å². The van der Waals surface area contributed by atoms with Crippen LogP contribution in [0.4, 0.5) is 23.0 Å². The first kappa shape index (κ1) is 30.5. The van der Waals surface area contributed by atoms with Crippen LogP contribution in [-0.2, 0) is 20.2 Å². The number of rotatable bonds is 6. The number of nitrogens with zero attached hydrogens (tertiary/aromatic N) is 2. The first-order valence-corrected chi connectivity index (χ1v) is 11.8. The molecule has 0 saturated carbocycles. The zero-order valence-corrected chi connectivity index (χ0v) is 24.4. The molecule has 0 amide bonds. The summed E-state index contributed by atoms with van der Waals surface area (Å²) in [5.74, 6) is 0.565. The van der Waals surface area contributed by atoms with E-state index in [0.29, 0.717) is 28.3 Å². The van der Waals surface area contributed by atoms with Crippen molar-refractivity contribution in [3.63, 3.8) is 0 Å². The van der Waals surface area contributed by atoms with E-state index in [2.05, 4.69) is 21.7 Å². The summed E-state index contributed by atoms with van der Waals surface area (Å²) in [6, 6.07) is 12.3. The Balaban J connectivity index is 0.00000289. The van der Waals surface area contributed by atoms with Crippen LogP contribution in [0.1, 0.15) is 16.7 Å². The maximum atomic E-state index is 11.1. The molecule has 0 aliphatic heterocycles. The molecule has 34 heavy (non-hydrogen) atoms. The van der Waals surface area contributed by atoms with Crippen molar-refractivity contribution < 1.29 is 85.1 Å². The fourth-order valence-corrected chi connectivity index (χ4v) is 3.77. The van der Waals surface area contributed by atoms with Gasteiger partial charge in [-0.2, -0.15) is 5.26 Å². The Bertz CT molecular complexity index is 1440. The Morgan fingerprint density at radius 3 is 1.47 bits per heavy atom. The van der Waals surface area contributed by atoms with Crippen molar-refractivity contribution in [2.45, 2.75) is 23.6 Å². The van der Waals surface area contributed by atoms with Gasteiger partial charge < -0.3 is 19.7 Å². The quantitative estimate of drug-likeness (QED) is 0.251. The monoisotopic (exact) mass is 518 g/mol. The number of nitriles is 1. The average molecular weight is 518 g/mol. The van der Waals surface area contributed by atoms with Gasteiger partial charge in [-0.15, -0.1) is 0 Å². The topological polar surface area (TPSA) is 175 Å². The zero-order chi connectivity index (χ0) is 23.7. The fraction of sp³-hybridized carbons (Fsp3) is 0.100. The van der Waals surface area contributed by atoms with Gasteiger partial charge in [0.15, 0.2) is 5.82 Å². The van der Waals surface area contributed by atoms with Gasteiger partial charge in [0.2, 0.25) is 0 Å². The third-order valence-electron chi connectivity index (χ3n) is 4.68. The van der Waals surface area contributed by atoms with Crippen molar-refractivity contribution in [2.75, 3.05) is 10.6 Å². The van der Waals surface area contributed by atoms with E-state index in [0.717, 1.165) is 12.1 Å². The maximum Gasteiger partial charge on any atom is 1.00 e. The molecular formula is C20H16N4Na2O6S2. The van der Waals surface area contributed by atoms with Gasteiger partial charge in [0.1, 0.15) is 32.1 Å². The van der Waals surface area contributed by atoms with E-state index < -0.39 is 20.2 Å². The van der Waals surface area contributed by atoms with Crippen LogP contribution in [0.15, 0.2) is 58.3 Å². The Morgan fingerprint density at radius 2 is 1.12 bits per heavy atom. The summed E-state index contributed by atoms with van der Waals surface area (Å²) in [5.41, 5.74) is 2.43. The molecule has 0 aliphatic rings. The fourth-order valence-electron chi connectivity index (χ4n) is 2.83. The molecule has 0 fully saturated rings. The molecule has 1 aromatic heterocycles. The summed E-state index contributed by atoms with van der Waals surface area (Å²) in [7, 11) is -9.15. The minimum atomic E-state index is -4.58. The number of aromatic nitrogens is 1. The molecular weight excluding hydrogens is 502 g/mol. The van der Waals surface area contributed by atoms with Crippen molar-refractivity contribution >= 4 is 43.2 Å². The van der Waals surface area contributed by atoms with Crippen LogP contribution in [0.2, 0.25) is 0 Å². The van der Waals surface area contributed by atoms with E-state index in [-0.39, 0.29) is 80.3 Å². The summed E-state index contributed by atoms with van der Waals surface area (Å²) >= 11 is 0. The summed E-state index contributed by atoms with van der Waals surface area (Å²) < 4.78 is 66.5. The molecule has 0 atom stereocenters. The van der Waals surface area contributed by atoms with E-state index in [1.807, 2.05) is 0 Å². The number of anilines is 4. The number of benzene rings is 2. The van der Waals surface area contributed by atoms with Gasteiger partial charge >= 0.3 is 59.1 Å². The third kappa shape index (κ3) is 7.25. The molecule has 2 aromatic carbocycles. The Kier molecular flexibility index (Phi) is 10.7. The van der Waals surface area contributed by atoms with Crippen LogP contribution in [0.5, 0.6) is 0 Å². The Labute approximate surface area is 241 Å². The molecule has 0 bridgehead atoms. The second kappa shape index (κ2) is 12.0. The van der Waals surface area contributed by atoms with Gasteiger partial charge in [0.05, 0.1) is 15.4 Å². The van der Waals surface area contributed by atoms with E-state index in [1.54, 1.807) is 13.8 Å². The molecule has 166 valence electrons. The molecule has 3 aromatic rings. The molecule has 0 radical (unpaired) electrons. The SMILES string of the molecule is Cc1c(Nc2ccc(S(=O)(=O)[O-])cc2)nc(Nc2ccc(S(=O)(=O)[O-])cc2)c(C#N)c1C.[Na+].[Na+]. The molecule has 2 N–H and O–H groups in total. The molecule has 0 saturated heterocycles. The summed E-state index contributed by atoms with van der Waals surface area (Å²) in [6.45, 7) is 3.48. The van der Waals surface area contributed by atoms with Gasteiger partial charge in [0, 0.05) is 11.4 Å². The predicted octanol–water partition coefficient (Wildman–Crippen LogP) is -3.13. The van der Waals surface area contributed by atoms with Crippen molar-refractivity contribution in [3.05, 3.63) is 65.2 Å². The second-order valence-corrected chi connectivity index (χ2v) is 9.51. The first-order chi connectivity index (χ1) is 14.9. The second-order valence-electron chi connectivity index (χ2n) is 6.75. The molecule has 1 heterocycles. The standard InChI is InChI=1S/C20H18N4O6S2.2Na/c1-12-13(2)19(22-14-3-7-16(8-4-14)31(25,26)27)24-20(18(12)11-21)23-15-5-9-17(10-6-15)32(28,29)30;;/h3-10H,1-2H3,(H2,22,23,24)(H,25,26,27)(H,28,29,30);;/q;2*+1/p-2. The normalized spacial score (nSPS) is 10.9. The minimum Gasteiger partial charge on any atom is -0.744 e. The van der Waals surface area contributed by atoms with Gasteiger partial charge in [-0.05, 0) is 73.5 Å². The minimum absolute atomic E-state index is 0. The molecule has 10 nitrogen and oxygen atoms in total. The van der Waals surface area contributed by atoms with Gasteiger partial charge in [0.25, 0.3) is 0 Å².